The number of anilines is 1. The number of aromatic nitrogens is 1. The van der Waals surface area contributed by atoms with Crippen molar-refractivity contribution < 1.29 is 4.79 Å². The number of likely N-dealkylation sites (tertiary alicyclic amines) is 1. The molecular formula is C16H25N5OS. The first kappa shape index (κ1) is 15.2. The van der Waals surface area contributed by atoms with Gasteiger partial charge in [-0.15, -0.1) is 11.3 Å². The molecule has 0 bridgehead atoms. The second-order valence-corrected chi connectivity index (χ2v) is 7.76. The fourth-order valence-corrected chi connectivity index (χ4v) is 4.50. The first-order valence-electron chi connectivity index (χ1n) is 8.65. The largest absolute Gasteiger partial charge is 0.348 e. The van der Waals surface area contributed by atoms with Crippen LogP contribution in [0.1, 0.15) is 31.4 Å². The summed E-state index contributed by atoms with van der Waals surface area (Å²) < 4.78 is 0. The highest BCUT2D eigenvalue weighted by atomic mass is 32.1. The van der Waals surface area contributed by atoms with Gasteiger partial charge in [-0.3, -0.25) is 4.90 Å². The molecule has 2 amide bonds. The van der Waals surface area contributed by atoms with Crippen LogP contribution in [0.4, 0.5) is 9.93 Å². The smallest absolute Gasteiger partial charge is 0.317 e. The Morgan fingerprint density at radius 1 is 1.39 bits per heavy atom. The van der Waals surface area contributed by atoms with Gasteiger partial charge < -0.3 is 15.1 Å². The van der Waals surface area contributed by atoms with Crippen molar-refractivity contribution in [1.82, 2.24) is 20.1 Å². The molecule has 1 aromatic heterocycles. The lowest BCUT2D eigenvalue weighted by Gasteiger charge is -2.36. The molecule has 1 atom stereocenters. The van der Waals surface area contributed by atoms with Crippen LogP contribution in [-0.4, -0.2) is 66.1 Å². The van der Waals surface area contributed by atoms with Crippen molar-refractivity contribution >= 4 is 22.5 Å². The second kappa shape index (κ2) is 6.28. The van der Waals surface area contributed by atoms with Crippen LogP contribution >= 0.6 is 11.3 Å². The number of thiazole rings is 1. The van der Waals surface area contributed by atoms with E-state index in [1.54, 1.807) is 11.3 Å². The van der Waals surface area contributed by atoms with Crippen molar-refractivity contribution in [3.8, 4) is 0 Å². The molecule has 2 aliphatic heterocycles. The summed E-state index contributed by atoms with van der Waals surface area (Å²) in [5, 5.41) is 6.26. The minimum absolute atomic E-state index is 0.110. The van der Waals surface area contributed by atoms with E-state index in [1.165, 1.54) is 18.5 Å². The quantitative estimate of drug-likeness (QED) is 0.890. The summed E-state index contributed by atoms with van der Waals surface area (Å²) in [5.41, 5.74) is 1.17. The van der Waals surface area contributed by atoms with E-state index < -0.39 is 0 Å². The van der Waals surface area contributed by atoms with E-state index >= 15 is 0 Å². The maximum absolute atomic E-state index is 11.9. The summed E-state index contributed by atoms with van der Waals surface area (Å²) in [6.45, 7) is 4.62. The summed E-state index contributed by atoms with van der Waals surface area (Å²) in [6, 6.07) is 1.18. The molecule has 1 aliphatic carbocycles. The van der Waals surface area contributed by atoms with E-state index in [1.807, 2.05) is 4.90 Å². The van der Waals surface area contributed by atoms with Gasteiger partial charge in [0, 0.05) is 50.7 Å². The summed E-state index contributed by atoms with van der Waals surface area (Å²) >= 11 is 1.75. The lowest BCUT2D eigenvalue weighted by atomic mass is 10.0. The van der Waals surface area contributed by atoms with Gasteiger partial charge in [0.1, 0.15) is 0 Å². The number of urea groups is 1. The fourth-order valence-electron chi connectivity index (χ4n) is 3.64. The molecule has 3 heterocycles. The molecule has 1 N–H and O–H groups in total. The SMILES string of the molecule is CN(c1nc(CN2CCCC(N3CCNC3=O)C2)cs1)C1CC1. The Morgan fingerprint density at radius 3 is 3.00 bits per heavy atom. The normalized spacial score (nSPS) is 25.7. The summed E-state index contributed by atoms with van der Waals surface area (Å²) in [7, 11) is 2.16. The number of carbonyl (C=O) groups is 1. The van der Waals surface area contributed by atoms with Gasteiger partial charge in [0.15, 0.2) is 5.13 Å². The summed E-state index contributed by atoms with van der Waals surface area (Å²) in [4.78, 5) is 23.5. The van der Waals surface area contributed by atoms with Crippen molar-refractivity contribution in [3.05, 3.63) is 11.1 Å². The van der Waals surface area contributed by atoms with Crippen LogP contribution in [0.25, 0.3) is 0 Å². The Labute approximate surface area is 141 Å². The first-order chi connectivity index (χ1) is 11.2. The molecule has 1 saturated carbocycles. The maximum atomic E-state index is 11.9. The Hall–Kier alpha value is -1.34. The Morgan fingerprint density at radius 2 is 2.26 bits per heavy atom. The van der Waals surface area contributed by atoms with Crippen molar-refractivity contribution in [1.29, 1.82) is 0 Å². The van der Waals surface area contributed by atoms with Crippen LogP contribution in [0, 0.1) is 0 Å². The Kier molecular flexibility index (Phi) is 4.15. The van der Waals surface area contributed by atoms with Crippen molar-refractivity contribution in [2.45, 2.75) is 44.3 Å². The average molecular weight is 335 g/mol. The van der Waals surface area contributed by atoms with Gasteiger partial charge in [0.05, 0.1) is 5.69 Å². The minimum atomic E-state index is 0.110. The standard InChI is InChI=1S/C16H25N5OS/c1-19(13-4-5-13)16-18-12(11-23-16)9-20-7-2-3-14(10-20)21-8-6-17-15(21)22/h11,13-14H,2-10H2,1H3,(H,17,22). The van der Waals surface area contributed by atoms with Crippen molar-refractivity contribution in [3.63, 3.8) is 0 Å². The van der Waals surface area contributed by atoms with E-state index in [0.29, 0.717) is 12.1 Å². The molecule has 1 aromatic rings. The number of hydrogen-bond acceptors (Lipinski definition) is 5. The van der Waals surface area contributed by atoms with E-state index in [-0.39, 0.29) is 6.03 Å². The highest BCUT2D eigenvalue weighted by Crippen LogP contribution is 2.32. The first-order valence-corrected chi connectivity index (χ1v) is 9.53. The summed E-state index contributed by atoms with van der Waals surface area (Å²) in [6.07, 6.45) is 4.89. The predicted molar refractivity (Wildman–Crippen MR) is 91.9 cm³/mol. The van der Waals surface area contributed by atoms with Crippen LogP contribution in [0.2, 0.25) is 0 Å². The molecule has 0 aromatic carbocycles. The maximum Gasteiger partial charge on any atom is 0.317 e. The average Bonchev–Trinajstić information content (AvgIpc) is 3.16. The molecule has 1 unspecified atom stereocenters. The van der Waals surface area contributed by atoms with E-state index in [4.69, 9.17) is 4.98 Å². The summed E-state index contributed by atoms with van der Waals surface area (Å²) in [5.74, 6) is 0. The van der Waals surface area contributed by atoms with Gasteiger partial charge in [-0.1, -0.05) is 0 Å². The number of hydrogen-bond donors (Lipinski definition) is 1. The fraction of sp³-hybridized carbons (Fsp3) is 0.750. The monoisotopic (exact) mass is 335 g/mol. The lowest BCUT2D eigenvalue weighted by molar-refractivity contribution is 0.121. The van der Waals surface area contributed by atoms with Crippen LogP contribution in [0.15, 0.2) is 5.38 Å². The highest BCUT2D eigenvalue weighted by molar-refractivity contribution is 7.13. The number of nitrogens with zero attached hydrogens (tertiary/aromatic N) is 4. The number of nitrogens with one attached hydrogen (secondary N) is 1. The number of carbonyl (C=O) groups excluding carboxylic acids is 1. The molecule has 4 rings (SSSR count). The molecular weight excluding hydrogens is 310 g/mol. The van der Waals surface area contributed by atoms with E-state index in [2.05, 4.69) is 27.5 Å². The van der Waals surface area contributed by atoms with Gasteiger partial charge >= 0.3 is 6.03 Å². The van der Waals surface area contributed by atoms with Gasteiger partial charge in [-0.05, 0) is 32.2 Å². The Balaban J connectivity index is 1.35. The number of amides is 2. The van der Waals surface area contributed by atoms with Gasteiger partial charge in [-0.25, -0.2) is 9.78 Å². The Bertz CT molecular complexity index is 573. The van der Waals surface area contributed by atoms with Crippen molar-refractivity contribution in [2.75, 3.05) is 38.1 Å². The van der Waals surface area contributed by atoms with Crippen molar-refractivity contribution in [2.24, 2.45) is 0 Å². The molecule has 0 radical (unpaired) electrons. The molecule has 3 fully saturated rings. The molecule has 6 nitrogen and oxygen atoms in total. The number of piperidine rings is 1. The zero-order valence-corrected chi connectivity index (χ0v) is 14.5. The molecule has 2 saturated heterocycles. The molecule has 126 valence electrons. The lowest BCUT2D eigenvalue weighted by Crippen LogP contribution is -2.48. The molecule has 7 heteroatoms. The predicted octanol–water partition coefficient (Wildman–Crippen LogP) is 1.73. The van der Waals surface area contributed by atoms with Crippen LogP contribution in [-0.2, 0) is 6.54 Å². The van der Waals surface area contributed by atoms with Gasteiger partial charge in [-0.2, -0.15) is 0 Å². The van der Waals surface area contributed by atoms with Gasteiger partial charge in [0.2, 0.25) is 0 Å². The highest BCUT2D eigenvalue weighted by Gasteiger charge is 2.32. The minimum Gasteiger partial charge on any atom is -0.348 e. The number of rotatable bonds is 5. The van der Waals surface area contributed by atoms with Crippen LogP contribution < -0.4 is 10.2 Å². The zero-order chi connectivity index (χ0) is 15.8. The third-order valence-electron chi connectivity index (χ3n) is 5.13. The van der Waals surface area contributed by atoms with Gasteiger partial charge in [0.25, 0.3) is 0 Å². The van der Waals surface area contributed by atoms with Crippen LogP contribution in [0.3, 0.4) is 0 Å². The zero-order valence-electron chi connectivity index (χ0n) is 13.7. The second-order valence-electron chi connectivity index (χ2n) is 6.92. The molecule has 0 spiro atoms. The molecule has 23 heavy (non-hydrogen) atoms. The topological polar surface area (TPSA) is 51.7 Å². The van der Waals surface area contributed by atoms with E-state index in [9.17, 15) is 4.79 Å². The third-order valence-corrected chi connectivity index (χ3v) is 6.11. The van der Waals surface area contributed by atoms with E-state index in [0.717, 1.165) is 50.7 Å². The molecule has 3 aliphatic rings. The third kappa shape index (κ3) is 3.30. The van der Waals surface area contributed by atoms with Crippen LogP contribution in [0.5, 0.6) is 0 Å².